The fourth-order valence-electron chi connectivity index (χ4n) is 2.87. The van der Waals surface area contributed by atoms with Crippen molar-refractivity contribution < 1.29 is 4.79 Å². The fraction of sp³-hybridized carbons (Fsp3) is 0.250. The molecule has 1 heterocycles. The Morgan fingerprint density at radius 1 is 1.22 bits per heavy atom. The number of amides is 1. The third kappa shape index (κ3) is 4.25. The van der Waals surface area contributed by atoms with Crippen molar-refractivity contribution in [1.29, 1.82) is 0 Å². The van der Waals surface area contributed by atoms with Crippen molar-refractivity contribution in [3.8, 4) is 11.4 Å². The highest BCUT2D eigenvalue weighted by Gasteiger charge is 2.13. The first-order chi connectivity index (χ1) is 12.8. The van der Waals surface area contributed by atoms with Crippen LogP contribution in [0, 0.1) is 18.6 Å². The quantitative estimate of drug-likeness (QED) is 0.657. The van der Waals surface area contributed by atoms with Crippen LogP contribution in [0.3, 0.4) is 0 Å². The van der Waals surface area contributed by atoms with E-state index in [0.717, 1.165) is 28.1 Å². The Morgan fingerprint density at radius 2 is 2.00 bits per heavy atom. The summed E-state index contributed by atoms with van der Waals surface area (Å²) in [7, 11) is 3.97. The highest BCUT2D eigenvalue weighted by molar-refractivity contribution is 7.71. The lowest BCUT2D eigenvalue weighted by molar-refractivity contribution is -0.116. The zero-order valence-electron chi connectivity index (χ0n) is 15.9. The number of carbonyl (C=O) groups excluding carboxylic acids is 1. The van der Waals surface area contributed by atoms with Gasteiger partial charge in [-0.25, -0.2) is 0 Å². The van der Waals surface area contributed by atoms with E-state index in [9.17, 15) is 4.79 Å². The lowest BCUT2D eigenvalue weighted by atomic mass is 10.1. The van der Waals surface area contributed by atoms with Crippen LogP contribution in [0.5, 0.6) is 0 Å². The molecular weight excluding hydrogens is 358 g/mol. The summed E-state index contributed by atoms with van der Waals surface area (Å²) in [5, 5.41) is 10.0. The van der Waals surface area contributed by atoms with E-state index in [4.69, 9.17) is 12.2 Å². The first-order valence-electron chi connectivity index (χ1n) is 8.65. The van der Waals surface area contributed by atoms with Gasteiger partial charge in [0.2, 0.25) is 5.91 Å². The van der Waals surface area contributed by atoms with Crippen molar-refractivity contribution in [3.63, 3.8) is 0 Å². The fourth-order valence-corrected chi connectivity index (χ4v) is 3.07. The summed E-state index contributed by atoms with van der Waals surface area (Å²) in [6.45, 7) is 4.08. The third-order valence-electron chi connectivity index (χ3n) is 4.34. The molecule has 27 heavy (non-hydrogen) atoms. The minimum absolute atomic E-state index is 0.0908. The predicted octanol–water partition coefficient (Wildman–Crippen LogP) is 3.93. The van der Waals surface area contributed by atoms with Gasteiger partial charge in [-0.3, -0.25) is 14.5 Å². The van der Waals surface area contributed by atoms with E-state index in [2.05, 4.69) is 15.5 Å². The van der Waals surface area contributed by atoms with Gasteiger partial charge < -0.3 is 10.2 Å². The number of benzene rings is 2. The molecule has 0 atom stereocenters. The molecule has 0 saturated carbocycles. The van der Waals surface area contributed by atoms with Crippen molar-refractivity contribution in [1.82, 2.24) is 14.8 Å². The van der Waals surface area contributed by atoms with Crippen LogP contribution in [-0.4, -0.2) is 34.8 Å². The lowest BCUT2D eigenvalue weighted by Crippen LogP contribution is -2.20. The molecule has 6 nitrogen and oxygen atoms in total. The summed E-state index contributed by atoms with van der Waals surface area (Å²) in [6.07, 6.45) is 0. The molecule has 0 aliphatic carbocycles. The molecule has 2 aromatic carbocycles. The number of nitrogens with zero attached hydrogens (tertiary/aromatic N) is 3. The van der Waals surface area contributed by atoms with Gasteiger partial charge in [-0.1, -0.05) is 23.8 Å². The predicted molar refractivity (Wildman–Crippen MR) is 112 cm³/mol. The number of carbonyl (C=O) groups is 1. The average molecular weight is 382 g/mol. The average Bonchev–Trinajstić information content (AvgIpc) is 2.97. The van der Waals surface area contributed by atoms with Crippen LogP contribution < -0.4 is 10.2 Å². The first kappa shape index (κ1) is 18.8. The van der Waals surface area contributed by atoms with Gasteiger partial charge in [0.05, 0.1) is 0 Å². The van der Waals surface area contributed by atoms with Crippen molar-refractivity contribution >= 4 is 29.5 Å². The van der Waals surface area contributed by atoms with Gasteiger partial charge in [-0.05, 0) is 55.9 Å². The lowest BCUT2D eigenvalue weighted by Gasteiger charge is -2.16. The largest absolute Gasteiger partial charge is 0.378 e. The van der Waals surface area contributed by atoms with Gasteiger partial charge in [0.15, 0.2) is 10.6 Å². The van der Waals surface area contributed by atoms with E-state index < -0.39 is 0 Å². The Kier molecular flexibility index (Phi) is 5.41. The SMILES string of the molecule is Cc1cccc(-c2n[nH]c(=S)n2CC(=O)Nc2ccc(N(C)C)cc2C)c1. The van der Waals surface area contributed by atoms with E-state index >= 15 is 0 Å². The van der Waals surface area contributed by atoms with E-state index in [1.54, 1.807) is 4.57 Å². The van der Waals surface area contributed by atoms with Crippen LogP contribution in [0.2, 0.25) is 0 Å². The molecule has 140 valence electrons. The van der Waals surface area contributed by atoms with Gasteiger partial charge in [0, 0.05) is 31.0 Å². The number of hydrogen-bond acceptors (Lipinski definition) is 4. The van der Waals surface area contributed by atoms with Gasteiger partial charge in [0.1, 0.15) is 6.54 Å². The highest BCUT2D eigenvalue weighted by Crippen LogP contribution is 2.22. The molecule has 3 rings (SSSR count). The summed E-state index contributed by atoms with van der Waals surface area (Å²) >= 11 is 5.32. The smallest absolute Gasteiger partial charge is 0.244 e. The van der Waals surface area contributed by atoms with Crippen molar-refractivity contribution in [2.24, 2.45) is 0 Å². The second-order valence-corrected chi connectivity index (χ2v) is 7.14. The maximum Gasteiger partial charge on any atom is 0.244 e. The third-order valence-corrected chi connectivity index (χ3v) is 4.65. The molecule has 0 spiro atoms. The van der Waals surface area contributed by atoms with Crippen molar-refractivity contribution in [3.05, 3.63) is 58.4 Å². The maximum absolute atomic E-state index is 12.6. The molecule has 1 aromatic heterocycles. The zero-order chi connectivity index (χ0) is 19.6. The summed E-state index contributed by atoms with van der Waals surface area (Å²) in [5.41, 5.74) is 4.92. The number of aromatic amines is 1. The van der Waals surface area contributed by atoms with E-state index in [1.807, 2.05) is 75.3 Å². The van der Waals surface area contributed by atoms with Gasteiger partial charge in [-0.15, -0.1) is 0 Å². The molecule has 0 radical (unpaired) electrons. The van der Waals surface area contributed by atoms with Crippen LogP contribution in [0.25, 0.3) is 11.4 Å². The summed E-state index contributed by atoms with van der Waals surface area (Å²) < 4.78 is 2.13. The number of aryl methyl sites for hydroxylation is 2. The molecule has 3 aromatic rings. The molecule has 0 aliphatic rings. The summed E-state index contributed by atoms with van der Waals surface area (Å²) in [6, 6.07) is 13.9. The van der Waals surface area contributed by atoms with Crippen LogP contribution >= 0.6 is 12.2 Å². The molecule has 0 fully saturated rings. The van der Waals surface area contributed by atoms with Crippen molar-refractivity contribution in [2.75, 3.05) is 24.3 Å². The second kappa shape index (κ2) is 7.75. The molecule has 0 aliphatic heterocycles. The number of aromatic nitrogens is 3. The van der Waals surface area contributed by atoms with Crippen molar-refractivity contribution in [2.45, 2.75) is 20.4 Å². The van der Waals surface area contributed by atoms with Crippen LogP contribution in [0.15, 0.2) is 42.5 Å². The molecule has 0 saturated heterocycles. The van der Waals surface area contributed by atoms with Gasteiger partial charge in [0.25, 0.3) is 0 Å². The molecule has 1 amide bonds. The Balaban J connectivity index is 1.81. The molecule has 0 bridgehead atoms. The monoisotopic (exact) mass is 381 g/mol. The number of anilines is 2. The van der Waals surface area contributed by atoms with Gasteiger partial charge >= 0.3 is 0 Å². The molecular formula is C20H23N5OS. The minimum Gasteiger partial charge on any atom is -0.378 e. The van der Waals surface area contributed by atoms with Crippen LogP contribution in [0.4, 0.5) is 11.4 Å². The maximum atomic E-state index is 12.6. The number of rotatable bonds is 5. The van der Waals surface area contributed by atoms with Crippen LogP contribution in [-0.2, 0) is 11.3 Å². The zero-order valence-corrected chi connectivity index (χ0v) is 16.7. The molecule has 7 heteroatoms. The topological polar surface area (TPSA) is 66.0 Å². The minimum atomic E-state index is -0.151. The number of nitrogens with one attached hydrogen (secondary N) is 2. The normalized spacial score (nSPS) is 10.7. The number of hydrogen-bond donors (Lipinski definition) is 2. The standard InChI is InChI=1S/C20H23N5OS/c1-13-6-5-7-15(10-13)19-22-23-20(27)25(19)12-18(26)21-17-9-8-16(24(3)4)11-14(17)2/h5-11H,12H2,1-4H3,(H,21,26)(H,23,27). The first-order valence-corrected chi connectivity index (χ1v) is 9.06. The number of H-pyrrole nitrogens is 1. The second-order valence-electron chi connectivity index (χ2n) is 6.75. The summed E-state index contributed by atoms with van der Waals surface area (Å²) in [4.78, 5) is 14.6. The molecule has 0 unspecified atom stereocenters. The Bertz CT molecular complexity index is 1030. The Hall–Kier alpha value is -2.93. The Morgan fingerprint density at radius 3 is 2.67 bits per heavy atom. The Labute approximate surface area is 163 Å². The van der Waals surface area contributed by atoms with E-state index in [1.165, 1.54) is 0 Å². The van der Waals surface area contributed by atoms with Gasteiger partial charge in [-0.2, -0.15) is 5.10 Å². The molecule has 2 N–H and O–H groups in total. The summed E-state index contributed by atoms with van der Waals surface area (Å²) in [5.74, 6) is 0.501. The highest BCUT2D eigenvalue weighted by atomic mass is 32.1. The van der Waals surface area contributed by atoms with E-state index in [-0.39, 0.29) is 12.5 Å². The van der Waals surface area contributed by atoms with E-state index in [0.29, 0.717) is 10.6 Å². The van der Waals surface area contributed by atoms with Crippen LogP contribution in [0.1, 0.15) is 11.1 Å².